The summed E-state index contributed by atoms with van der Waals surface area (Å²) in [6, 6.07) is 5.33. The normalized spacial score (nSPS) is 26.0. The second-order valence-corrected chi connectivity index (χ2v) is 7.44. The van der Waals surface area contributed by atoms with Crippen molar-refractivity contribution in [2.24, 2.45) is 11.3 Å². The molecule has 0 aliphatic heterocycles. The van der Waals surface area contributed by atoms with Crippen molar-refractivity contribution < 1.29 is 0 Å². The van der Waals surface area contributed by atoms with Crippen LogP contribution in [-0.4, -0.2) is 11.0 Å². The molecule has 2 heteroatoms. The summed E-state index contributed by atoms with van der Waals surface area (Å²) in [7, 11) is 0. The van der Waals surface area contributed by atoms with Crippen LogP contribution in [0.2, 0.25) is 0 Å². The molecule has 1 aromatic rings. The molecule has 1 aliphatic carbocycles. The van der Waals surface area contributed by atoms with Crippen LogP contribution in [-0.2, 0) is 0 Å². The van der Waals surface area contributed by atoms with Gasteiger partial charge in [-0.3, -0.25) is 4.98 Å². The number of aromatic nitrogens is 1. The molecule has 20 heavy (non-hydrogen) atoms. The van der Waals surface area contributed by atoms with Gasteiger partial charge in [0.1, 0.15) is 0 Å². The van der Waals surface area contributed by atoms with Crippen molar-refractivity contribution in [3.63, 3.8) is 0 Å². The van der Waals surface area contributed by atoms with Crippen LogP contribution in [0.4, 0.5) is 0 Å². The van der Waals surface area contributed by atoms with Crippen LogP contribution in [0.25, 0.3) is 0 Å². The Balaban J connectivity index is 1.88. The lowest BCUT2D eigenvalue weighted by Gasteiger charge is -2.30. The summed E-state index contributed by atoms with van der Waals surface area (Å²) in [6.45, 7) is 9.45. The number of rotatable bonds is 3. The molecule has 2 rings (SSSR count). The fraction of sp³-hybridized carbons (Fsp3) is 0.722. The first-order valence-electron chi connectivity index (χ1n) is 8.13. The summed E-state index contributed by atoms with van der Waals surface area (Å²) in [5.74, 6) is 0.880. The monoisotopic (exact) mass is 274 g/mol. The Labute approximate surface area is 124 Å². The molecule has 0 saturated heterocycles. The molecule has 0 spiro atoms. The highest BCUT2D eigenvalue weighted by Gasteiger charge is 2.28. The fourth-order valence-electron chi connectivity index (χ4n) is 3.44. The summed E-state index contributed by atoms with van der Waals surface area (Å²) >= 11 is 0. The maximum absolute atomic E-state index is 4.10. The van der Waals surface area contributed by atoms with E-state index in [1.807, 2.05) is 12.4 Å². The van der Waals surface area contributed by atoms with E-state index < -0.39 is 0 Å². The SMILES string of the molecule is C[C@H](NC1CCCC(C(C)(C)C)CC1)c1ccncc1. The van der Waals surface area contributed by atoms with Crippen molar-refractivity contribution in [3.8, 4) is 0 Å². The van der Waals surface area contributed by atoms with Gasteiger partial charge in [0.05, 0.1) is 0 Å². The molecular weight excluding hydrogens is 244 g/mol. The van der Waals surface area contributed by atoms with Gasteiger partial charge in [-0.25, -0.2) is 0 Å². The molecule has 1 fully saturated rings. The maximum Gasteiger partial charge on any atom is 0.0295 e. The lowest BCUT2D eigenvalue weighted by atomic mass is 9.76. The minimum Gasteiger partial charge on any atom is -0.307 e. The van der Waals surface area contributed by atoms with Crippen molar-refractivity contribution in [2.45, 2.75) is 71.9 Å². The predicted molar refractivity (Wildman–Crippen MR) is 85.6 cm³/mol. The zero-order valence-electron chi connectivity index (χ0n) is 13.5. The van der Waals surface area contributed by atoms with Crippen molar-refractivity contribution in [1.29, 1.82) is 0 Å². The highest BCUT2D eigenvalue weighted by Crippen LogP contribution is 2.37. The molecule has 1 aliphatic rings. The first kappa shape index (κ1) is 15.5. The Bertz CT molecular complexity index is 394. The van der Waals surface area contributed by atoms with E-state index in [-0.39, 0.29) is 0 Å². The molecule has 112 valence electrons. The van der Waals surface area contributed by atoms with Crippen molar-refractivity contribution in [3.05, 3.63) is 30.1 Å². The van der Waals surface area contributed by atoms with Crippen molar-refractivity contribution in [1.82, 2.24) is 10.3 Å². The van der Waals surface area contributed by atoms with Gasteiger partial charge in [-0.15, -0.1) is 0 Å². The molecule has 1 aromatic heterocycles. The van der Waals surface area contributed by atoms with E-state index in [0.717, 1.165) is 5.92 Å². The minimum absolute atomic E-state index is 0.425. The molecule has 2 nitrogen and oxygen atoms in total. The third kappa shape index (κ3) is 4.31. The second-order valence-electron chi connectivity index (χ2n) is 7.44. The van der Waals surface area contributed by atoms with E-state index in [1.54, 1.807) is 0 Å². The Hall–Kier alpha value is -0.890. The van der Waals surface area contributed by atoms with Crippen LogP contribution < -0.4 is 5.32 Å². The summed E-state index contributed by atoms with van der Waals surface area (Å²) < 4.78 is 0. The maximum atomic E-state index is 4.10. The first-order valence-corrected chi connectivity index (χ1v) is 8.13. The van der Waals surface area contributed by atoms with Crippen molar-refractivity contribution in [2.75, 3.05) is 0 Å². The van der Waals surface area contributed by atoms with Crippen LogP contribution in [0.1, 0.15) is 71.4 Å². The third-order valence-electron chi connectivity index (χ3n) is 4.89. The van der Waals surface area contributed by atoms with Gasteiger partial charge in [-0.05, 0) is 61.6 Å². The van der Waals surface area contributed by atoms with E-state index in [4.69, 9.17) is 0 Å². The van der Waals surface area contributed by atoms with E-state index >= 15 is 0 Å². The lowest BCUT2D eigenvalue weighted by molar-refractivity contribution is 0.213. The smallest absolute Gasteiger partial charge is 0.0295 e. The van der Waals surface area contributed by atoms with Gasteiger partial charge in [-0.1, -0.05) is 27.2 Å². The standard InChI is InChI=1S/C18H30N2/c1-14(15-10-12-19-13-11-15)20-17-7-5-6-16(8-9-17)18(2,3)4/h10-14,16-17,20H,5-9H2,1-4H3/t14-,16?,17?/m0/s1. The van der Waals surface area contributed by atoms with E-state index in [2.05, 4.69) is 50.1 Å². The van der Waals surface area contributed by atoms with E-state index in [9.17, 15) is 0 Å². The van der Waals surface area contributed by atoms with Gasteiger partial charge in [0, 0.05) is 24.5 Å². The van der Waals surface area contributed by atoms with Gasteiger partial charge in [0.25, 0.3) is 0 Å². The average Bonchev–Trinajstić information content (AvgIpc) is 2.65. The number of nitrogens with zero attached hydrogens (tertiary/aromatic N) is 1. The minimum atomic E-state index is 0.425. The Kier molecular flexibility index (Phi) is 5.20. The molecule has 0 aromatic carbocycles. The molecule has 0 bridgehead atoms. The number of pyridine rings is 1. The second kappa shape index (κ2) is 6.71. The Morgan fingerprint density at radius 3 is 2.45 bits per heavy atom. The quantitative estimate of drug-likeness (QED) is 0.806. The molecule has 0 amide bonds. The molecule has 3 atom stereocenters. The number of hydrogen-bond donors (Lipinski definition) is 1. The van der Waals surface area contributed by atoms with Crippen LogP contribution in [0.15, 0.2) is 24.5 Å². The van der Waals surface area contributed by atoms with Gasteiger partial charge in [0.15, 0.2) is 0 Å². The van der Waals surface area contributed by atoms with Crippen LogP contribution in [0.3, 0.4) is 0 Å². The summed E-state index contributed by atoms with van der Waals surface area (Å²) in [6.07, 6.45) is 10.5. The summed E-state index contributed by atoms with van der Waals surface area (Å²) in [4.78, 5) is 4.10. The highest BCUT2D eigenvalue weighted by atomic mass is 14.9. The molecule has 1 heterocycles. The lowest BCUT2D eigenvalue weighted by Crippen LogP contribution is -2.31. The summed E-state index contributed by atoms with van der Waals surface area (Å²) in [5, 5.41) is 3.82. The van der Waals surface area contributed by atoms with Crippen LogP contribution in [0.5, 0.6) is 0 Å². The molecule has 2 unspecified atom stereocenters. The van der Waals surface area contributed by atoms with E-state index in [1.165, 1.54) is 37.7 Å². The molecule has 1 saturated carbocycles. The van der Waals surface area contributed by atoms with Gasteiger partial charge in [-0.2, -0.15) is 0 Å². The fourth-order valence-corrected chi connectivity index (χ4v) is 3.44. The average molecular weight is 274 g/mol. The van der Waals surface area contributed by atoms with Crippen LogP contribution in [0, 0.1) is 11.3 Å². The molecule has 1 N–H and O–H groups in total. The van der Waals surface area contributed by atoms with Crippen LogP contribution >= 0.6 is 0 Å². The largest absolute Gasteiger partial charge is 0.307 e. The van der Waals surface area contributed by atoms with Crippen molar-refractivity contribution >= 4 is 0 Å². The number of hydrogen-bond acceptors (Lipinski definition) is 2. The first-order chi connectivity index (χ1) is 9.47. The zero-order chi connectivity index (χ0) is 14.6. The van der Waals surface area contributed by atoms with E-state index in [0.29, 0.717) is 17.5 Å². The van der Waals surface area contributed by atoms with Gasteiger partial charge < -0.3 is 5.32 Å². The topological polar surface area (TPSA) is 24.9 Å². The van der Waals surface area contributed by atoms with Gasteiger partial charge in [0.2, 0.25) is 0 Å². The zero-order valence-corrected chi connectivity index (χ0v) is 13.5. The number of nitrogens with one attached hydrogen (secondary N) is 1. The van der Waals surface area contributed by atoms with Gasteiger partial charge >= 0.3 is 0 Å². The highest BCUT2D eigenvalue weighted by molar-refractivity contribution is 5.14. The Morgan fingerprint density at radius 1 is 1.10 bits per heavy atom. The predicted octanol–water partition coefficient (Wildman–Crippen LogP) is 4.73. The summed E-state index contributed by atoms with van der Waals surface area (Å²) in [5.41, 5.74) is 1.81. The Morgan fingerprint density at radius 2 is 1.80 bits per heavy atom. The third-order valence-corrected chi connectivity index (χ3v) is 4.89. The molecule has 0 radical (unpaired) electrons. The molecular formula is C18H30N2.